The van der Waals surface area contributed by atoms with Crippen molar-refractivity contribution in [3.8, 4) is 5.75 Å². The van der Waals surface area contributed by atoms with Gasteiger partial charge in [0.15, 0.2) is 5.75 Å². The van der Waals surface area contributed by atoms with Gasteiger partial charge in [-0.15, -0.1) is 0 Å². The minimum Gasteiger partial charge on any atom is -0.490 e. The Balaban J connectivity index is 1.97. The zero-order valence-corrected chi connectivity index (χ0v) is 11.4. The average molecular weight is 276 g/mol. The van der Waals surface area contributed by atoms with Gasteiger partial charge in [0, 0.05) is 44.0 Å². The highest BCUT2D eigenvalue weighted by molar-refractivity contribution is 5.57. The van der Waals surface area contributed by atoms with Crippen molar-refractivity contribution < 1.29 is 9.66 Å². The second kappa shape index (κ2) is 6.05. The number of nitro groups is 1. The van der Waals surface area contributed by atoms with Crippen LogP contribution < -0.4 is 10.1 Å². The van der Waals surface area contributed by atoms with Gasteiger partial charge in [-0.25, -0.2) is 0 Å². The Bertz CT molecular complexity index is 609. The number of nitro benzene ring substituents is 1. The van der Waals surface area contributed by atoms with Gasteiger partial charge >= 0.3 is 5.69 Å². The fraction of sp³-hybridized carbons (Fsp3) is 0.308. The molecule has 1 heterocycles. The van der Waals surface area contributed by atoms with E-state index in [0.717, 1.165) is 17.8 Å². The smallest absolute Gasteiger partial charge is 0.311 e. The van der Waals surface area contributed by atoms with Crippen LogP contribution in [0.1, 0.15) is 5.69 Å². The molecule has 2 rings (SSSR count). The largest absolute Gasteiger partial charge is 0.490 e. The van der Waals surface area contributed by atoms with Crippen molar-refractivity contribution in [2.75, 3.05) is 19.0 Å². The molecule has 106 valence electrons. The predicted molar refractivity (Wildman–Crippen MR) is 75.1 cm³/mol. The van der Waals surface area contributed by atoms with Crippen LogP contribution in [-0.2, 0) is 13.5 Å². The van der Waals surface area contributed by atoms with E-state index >= 15 is 0 Å². The molecule has 0 spiro atoms. The SMILES string of the molecule is COc1cc(NCCc2ccn(C)n2)ccc1[N+](=O)[O-]. The maximum Gasteiger partial charge on any atom is 0.311 e. The molecule has 0 aliphatic heterocycles. The van der Waals surface area contributed by atoms with Gasteiger partial charge in [-0.1, -0.05) is 0 Å². The number of methoxy groups -OCH3 is 1. The Labute approximate surface area is 116 Å². The number of nitrogens with one attached hydrogen (secondary N) is 1. The van der Waals surface area contributed by atoms with E-state index in [9.17, 15) is 10.1 Å². The van der Waals surface area contributed by atoms with Crippen LogP contribution in [0.4, 0.5) is 11.4 Å². The van der Waals surface area contributed by atoms with Crippen molar-refractivity contribution in [1.29, 1.82) is 0 Å². The van der Waals surface area contributed by atoms with Crippen molar-refractivity contribution in [3.05, 3.63) is 46.3 Å². The maximum absolute atomic E-state index is 10.8. The molecule has 2 aromatic rings. The normalized spacial score (nSPS) is 10.3. The van der Waals surface area contributed by atoms with Crippen LogP contribution in [0.15, 0.2) is 30.5 Å². The monoisotopic (exact) mass is 276 g/mol. The third kappa shape index (κ3) is 3.25. The average Bonchev–Trinajstić information content (AvgIpc) is 2.84. The van der Waals surface area contributed by atoms with E-state index in [1.54, 1.807) is 16.8 Å². The molecule has 0 saturated carbocycles. The van der Waals surface area contributed by atoms with Gasteiger partial charge in [0.25, 0.3) is 0 Å². The van der Waals surface area contributed by atoms with Gasteiger partial charge in [0.2, 0.25) is 0 Å². The molecule has 7 nitrogen and oxygen atoms in total. The molecule has 0 atom stereocenters. The molecule has 0 aliphatic rings. The predicted octanol–water partition coefficient (Wildman–Crippen LogP) is 1.99. The van der Waals surface area contributed by atoms with Crippen LogP contribution in [0.3, 0.4) is 0 Å². The number of hydrogen-bond donors (Lipinski definition) is 1. The van der Waals surface area contributed by atoms with Crippen LogP contribution in [0, 0.1) is 10.1 Å². The third-order valence-corrected chi connectivity index (χ3v) is 2.86. The first-order chi connectivity index (χ1) is 9.60. The van der Waals surface area contributed by atoms with Gasteiger partial charge < -0.3 is 10.1 Å². The van der Waals surface area contributed by atoms with E-state index in [4.69, 9.17) is 4.74 Å². The first-order valence-electron chi connectivity index (χ1n) is 6.15. The van der Waals surface area contributed by atoms with Crippen LogP contribution in [-0.4, -0.2) is 28.4 Å². The highest BCUT2D eigenvalue weighted by Gasteiger charge is 2.14. The zero-order chi connectivity index (χ0) is 14.5. The summed E-state index contributed by atoms with van der Waals surface area (Å²) in [6, 6.07) is 6.68. The number of benzene rings is 1. The molecular weight excluding hydrogens is 260 g/mol. The molecule has 0 saturated heterocycles. The number of aryl methyl sites for hydroxylation is 1. The molecule has 0 aliphatic carbocycles. The Hall–Kier alpha value is -2.57. The summed E-state index contributed by atoms with van der Waals surface area (Å²) in [7, 11) is 3.29. The summed E-state index contributed by atoms with van der Waals surface area (Å²) in [4.78, 5) is 10.3. The summed E-state index contributed by atoms with van der Waals surface area (Å²) in [5.41, 5.74) is 1.74. The van der Waals surface area contributed by atoms with Crippen molar-refractivity contribution in [1.82, 2.24) is 9.78 Å². The van der Waals surface area contributed by atoms with Gasteiger partial charge in [-0.3, -0.25) is 14.8 Å². The van der Waals surface area contributed by atoms with E-state index in [1.807, 2.05) is 19.3 Å². The van der Waals surface area contributed by atoms with Crippen LogP contribution in [0.2, 0.25) is 0 Å². The summed E-state index contributed by atoms with van der Waals surface area (Å²) in [6.45, 7) is 0.692. The number of rotatable bonds is 6. The second-order valence-electron chi connectivity index (χ2n) is 4.30. The summed E-state index contributed by atoms with van der Waals surface area (Å²) in [5.74, 6) is 0.248. The molecule has 0 fully saturated rings. The third-order valence-electron chi connectivity index (χ3n) is 2.86. The molecule has 1 aromatic heterocycles. The van der Waals surface area contributed by atoms with E-state index in [1.165, 1.54) is 13.2 Å². The number of hydrogen-bond acceptors (Lipinski definition) is 5. The van der Waals surface area contributed by atoms with Crippen molar-refractivity contribution in [2.24, 2.45) is 7.05 Å². The van der Waals surface area contributed by atoms with E-state index in [0.29, 0.717) is 6.54 Å². The molecule has 7 heteroatoms. The molecule has 1 aromatic carbocycles. The number of nitrogens with zero attached hydrogens (tertiary/aromatic N) is 3. The van der Waals surface area contributed by atoms with Crippen molar-refractivity contribution in [3.63, 3.8) is 0 Å². The van der Waals surface area contributed by atoms with Crippen LogP contribution >= 0.6 is 0 Å². The van der Waals surface area contributed by atoms with Gasteiger partial charge in [0.05, 0.1) is 17.7 Å². The lowest BCUT2D eigenvalue weighted by Crippen LogP contribution is -2.06. The number of anilines is 1. The molecule has 0 unspecified atom stereocenters. The molecule has 0 radical (unpaired) electrons. The molecule has 1 N–H and O–H groups in total. The molecule has 0 bridgehead atoms. The Morgan fingerprint density at radius 1 is 1.45 bits per heavy atom. The van der Waals surface area contributed by atoms with E-state index in [-0.39, 0.29) is 11.4 Å². The lowest BCUT2D eigenvalue weighted by molar-refractivity contribution is -0.385. The van der Waals surface area contributed by atoms with E-state index in [2.05, 4.69) is 10.4 Å². The standard InChI is InChI=1S/C13H16N4O3/c1-16-8-6-10(15-16)5-7-14-11-3-4-12(17(18)19)13(9-11)20-2/h3-4,6,8-9,14H,5,7H2,1-2H3. The topological polar surface area (TPSA) is 82.2 Å². The maximum atomic E-state index is 10.8. The molecule has 0 amide bonds. The number of ether oxygens (including phenoxy) is 1. The van der Waals surface area contributed by atoms with Gasteiger partial charge in [-0.05, 0) is 12.1 Å². The van der Waals surface area contributed by atoms with Crippen LogP contribution in [0.25, 0.3) is 0 Å². The quantitative estimate of drug-likeness (QED) is 0.644. The minimum absolute atomic E-state index is 0.0391. The fourth-order valence-corrected chi connectivity index (χ4v) is 1.87. The van der Waals surface area contributed by atoms with Crippen molar-refractivity contribution in [2.45, 2.75) is 6.42 Å². The summed E-state index contributed by atoms with van der Waals surface area (Å²) >= 11 is 0. The highest BCUT2D eigenvalue weighted by Crippen LogP contribution is 2.29. The molecular formula is C13H16N4O3. The summed E-state index contributed by atoms with van der Waals surface area (Å²) in [6.07, 6.45) is 2.67. The molecule has 20 heavy (non-hydrogen) atoms. The first kappa shape index (κ1) is 13.9. The fourth-order valence-electron chi connectivity index (χ4n) is 1.87. The van der Waals surface area contributed by atoms with Crippen LogP contribution in [0.5, 0.6) is 5.75 Å². The second-order valence-corrected chi connectivity index (χ2v) is 4.30. The first-order valence-corrected chi connectivity index (χ1v) is 6.15. The summed E-state index contributed by atoms with van der Waals surface area (Å²) in [5, 5.41) is 18.3. The zero-order valence-electron chi connectivity index (χ0n) is 11.4. The van der Waals surface area contributed by atoms with Crippen molar-refractivity contribution >= 4 is 11.4 Å². The Morgan fingerprint density at radius 3 is 2.85 bits per heavy atom. The lowest BCUT2D eigenvalue weighted by atomic mass is 10.2. The highest BCUT2D eigenvalue weighted by atomic mass is 16.6. The van der Waals surface area contributed by atoms with Gasteiger partial charge in [0.1, 0.15) is 0 Å². The number of aromatic nitrogens is 2. The lowest BCUT2D eigenvalue weighted by Gasteiger charge is -2.07. The van der Waals surface area contributed by atoms with Gasteiger partial charge in [-0.2, -0.15) is 5.10 Å². The van der Waals surface area contributed by atoms with E-state index < -0.39 is 4.92 Å². The summed E-state index contributed by atoms with van der Waals surface area (Å²) < 4.78 is 6.77. The minimum atomic E-state index is -0.462. The Kier molecular flexibility index (Phi) is 4.19. The Morgan fingerprint density at radius 2 is 2.25 bits per heavy atom.